The molecule has 0 fully saturated rings. The summed E-state index contributed by atoms with van der Waals surface area (Å²) in [6.07, 6.45) is 0.411. The van der Waals surface area contributed by atoms with Crippen molar-refractivity contribution in [2.75, 3.05) is 5.32 Å². The Kier molecular flexibility index (Phi) is 5.01. The Morgan fingerprint density at radius 3 is 2.32 bits per heavy atom. The number of aromatic nitrogens is 2. The molecule has 1 amide bonds. The van der Waals surface area contributed by atoms with Gasteiger partial charge in [-0.05, 0) is 50.5 Å². The quantitative estimate of drug-likeness (QED) is 0.898. The predicted molar refractivity (Wildman–Crippen MR) is 90.2 cm³/mol. The second-order valence-corrected chi connectivity index (χ2v) is 6.25. The van der Waals surface area contributed by atoms with Crippen LogP contribution in [0.5, 0.6) is 0 Å². The van der Waals surface area contributed by atoms with Crippen LogP contribution in [0, 0.1) is 13.8 Å². The van der Waals surface area contributed by atoms with Crippen molar-refractivity contribution in [3.63, 3.8) is 0 Å². The van der Waals surface area contributed by atoms with Crippen LogP contribution in [-0.4, -0.2) is 15.7 Å². The molecule has 2 rings (SSSR count). The molecule has 0 aliphatic carbocycles. The Hall–Kier alpha value is -2.10. The van der Waals surface area contributed by atoms with Gasteiger partial charge in [0.2, 0.25) is 5.91 Å². The first-order chi connectivity index (χ1) is 10.4. The first-order valence-electron chi connectivity index (χ1n) is 7.79. The highest BCUT2D eigenvalue weighted by Gasteiger charge is 2.14. The number of aryl methyl sites for hydroxylation is 2. The maximum Gasteiger partial charge on any atom is 0.226 e. The first-order valence-corrected chi connectivity index (χ1v) is 7.79. The number of nitrogens with zero attached hydrogens (tertiary/aromatic N) is 2. The number of amides is 1. The average Bonchev–Trinajstić information content (AvgIpc) is 2.78. The van der Waals surface area contributed by atoms with Crippen molar-refractivity contribution in [2.45, 2.75) is 53.0 Å². The molecule has 1 aromatic carbocycles. The Morgan fingerprint density at radius 2 is 1.82 bits per heavy atom. The van der Waals surface area contributed by atoms with Gasteiger partial charge >= 0.3 is 0 Å². The number of carbonyl (C=O) groups excluding carboxylic acids is 1. The highest BCUT2D eigenvalue weighted by atomic mass is 16.1. The lowest BCUT2D eigenvalue weighted by Crippen LogP contribution is -2.19. The number of hydrogen-bond acceptors (Lipinski definition) is 2. The zero-order valence-corrected chi connectivity index (χ0v) is 14.1. The molecule has 4 heteroatoms. The van der Waals surface area contributed by atoms with Crippen molar-refractivity contribution in [1.29, 1.82) is 0 Å². The van der Waals surface area contributed by atoms with E-state index < -0.39 is 0 Å². The maximum atomic E-state index is 12.2. The lowest BCUT2D eigenvalue weighted by atomic mass is 10.0. The number of anilines is 1. The molecule has 0 aliphatic heterocycles. The number of carbonyl (C=O) groups is 1. The molecule has 0 radical (unpaired) electrons. The summed E-state index contributed by atoms with van der Waals surface area (Å²) in [4.78, 5) is 12.2. The van der Waals surface area contributed by atoms with Gasteiger partial charge in [0.1, 0.15) is 0 Å². The zero-order valence-electron chi connectivity index (χ0n) is 14.1. The standard InChI is InChI=1S/C18H25N3O/c1-12(2)16-6-8-17(9-7-16)19-18(22)11-15(5)21-14(4)10-13(3)20-21/h6-10,12,15H,11H2,1-5H3,(H,19,22)/t15-/m1/s1. The number of benzene rings is 1. The molecule has 118 valence electrons. The smallest absolute Gasteiger partial charge is 0.226 e. The first kappa shape index (κ1) is 16.3. The topological polar surface area (TPSA) is 46.9 Å². The molecule has 1 atom stereocenters. The van der Waals surface area contributed by atoms with Crippen molar-refractivity contribution in [3.05, 3.63) is 47.3 Å². The second kappa shape index (κ2) is 6.77. The van der Waals surface area contributed by atoms with Crippen LogP contribution >= 0.6 is 0 Å². The molecule has 1 aromatic heterocycles. The summed E-state index contributed by atoms with van der Waals surface area (Å²) in [6.45, 7) is 10.3. The SMILES string of the molecule is Cc1cc(C)n([C@H](C)CC(=O)Nc2ccc(C(C)C)cc2)n1. The van der Waals surface area contributed by atoms with E-state index in [-0.39, 0.29) is 11.9 Å². The Balaban J connectivity index is 1.96. The van der Waals surface area contributed by atoms with E-state index >= 15 is 0 Å². The molecular formula is C18H25N3O. The Bertz CT molecular complexity index is 641. The number of nitrogens with one attached hydrogen (secondary N) is 1. The Morgan fingerprint density at radius 1 is 1.18 bits per heavy atom. The van der Waals surface area contributed by atoms with Crippen molar-refractivity contribution < 1.29 is 4.79 Å². The third kappa shape index (κ3) is 3.97. The van der Waals surface area contributed by atoms with E-state index in [1.807, 2.05) is 43.7 Å². The zero-order chi connectivity index (χ0) is 16.3. The van der Waals surface area contributed by atoms with Crippen molar-refractivity contribution in [3.8, 4) is 0 Å². The van der Waals surface area contributed by atoms with Crippen LogP contribution in [0.3, 0.4) is 0 Å². The van der Waals surface area contributed by atoms with Gasteiger partial charge in [0.25, 0.3) is 0 Å². The van der Waals surface area contributed by atoms with Gasteiger partial charge in [-0.25, -0.2) is 0 Å². The summed E-state index contributed by atoms with van der Waals surface area (Å²) < 4.78 is 1.91. The van der Waals surface area contributed by atoms with Gasteiger partial charge in [0.05, 0.1) is 11.7 Å². The van der Waals surface area contributed by atoms with Crippen LogP contribution in [0.15, 0.2) is 30.3 Å². The minimum atomic E-state index is 0.0114. The molecule has 1 N–H and O–H groups in total. The molecule has 0 bridgehead atoms. The van der Waals surface area contributed by atoms with E-state index in [1.165, 1.54) is 5.56 Å². The molecule has 1 heterocycles. The lowest BCUT2D eigenvalue weighted by Gasteiger charge is -2.14. The normalized spacial score (nSPS) is 12.5. The van der Waals surface area contributed by atoms with Crippen LogP contribution in [0.25, 0.3) is 0 Å². The van der Waals surface area contributed by atoms with Crippen LogP contribution in [-0.2, 0) is 4.79 Å². The minimum absolute atomic E-state index is 0.0114. The summed E-state index contributed by atoms with van der Waals surface area (Å²) in [5.41, 5.74) is 4.18. The molecule has 0 aliphatic rings. The third-order valence-electron chi connectivity index (χ3n) is 3.80. The van der Waals surface area contributed by atoms with Crippen LogP contribution in [0.1, 0.15) is 56.1 Å². The van der Waals surface area contributed by atoms with E-state index in [1.54, 1.807) is 0 Å². The van der Waals surface area contributed by atoms with Gasteiger partial charge in [-0.2, -0.15) is 5.10 Å². The van der Waals surface area contributed by atoms with E-state index in [9.17, 15) is 4.79 Å². The van der Waals surface area contributed by atoms with Gasteiger partial charge in [-0.3, -0.25) is 9.48 Å². The molecule has 0 saturated heterocycles. The van der Waals surface area contributed by atoms with Gasteiger partial charge in [0, 0.05) is 17.8 Å². The van der Waals surface area contributed by atoms with Crippen LogP contribution in [0.2, 0.25) is 0 Å². The van der Waals surface area contributed by atoms with E-state index in [4.69, 9.17) is 0 Å². The van der Waals surface area contributed by atoms with Gasteiger partial charge < -0.3 is 5.32 Å². The van der Waals surface area contributed by atoms with Gasteiger partial charge in [-0.15, -0.1) is 0 Å². The van der Waals surface area contributed by atoms with E-state index in [0.29, 0.717) is 12.3 Å². The summed E-state index contributed by atoms with van der Waals surface area (Å²) in [5.74, 6) is 0.508. The molecule has 4 nitrogen and oxygen atoms in total. The maximum absolute atomic E-state index is 12.2. The summed E-state index contributed by atoms with van der Waals surface area (Å²) in [5, 5.41) is 7.39. The predicted octanol–water partition coefficient (Wildman–Crippen LogP) is 4.21. The number of hydrogen-bond donors (Lipinski definition) is 1. The molecular weight excluding hydrogens is 274 g/mol. The molecule has 0 spiro atoms. The van der Waals surface area contributed by atoms with Crippen LogP contribution in [0.4, 0.5) is 5.69 Å². The molecule has 22 heavy (non-hydrogen) atoms. The average molecular weight is 299 g/mol. The van der Waals surface area contributed by atoms with Gasteiger partial charge in [-0.1, -0.05) is 26.0 Å². The highest BCUT2D eigenvalue weighted by molar-refractivity contribution is 5.90. The molecule has 2 aromatic rings. The monoisotopic (exact) mass is 299 g/mol. The molecule has 0 unspecified atom stereocenters. The Labute approximate surface area is 132 Å². The van der Waals surface area contributed by atoms with Gasteiger partial charge in [0.15, 0.2) is 0 Å². The van der Waals surface area contributed by atoms with Crippen LogP contribution < -0.4 is 5.32 Å². The summed E-state index contributed by atoms with van der Waals surface area (Å²) in [7, 11) is 0. The summed E-state index contributed by atoms with van der Waals surface area (Å²) in [6, 6.07) is 10.1. The van der Waals surface area contributed by atoms with Crippen molar-refractivity contribution >= 4 is 11.6 Å². The fourth-order valence-corrected chi connectivity index (χ4v) is 2.61. The fraction of sp³-hybridized carbons (Fsp3) is 0.444. The largest absolute Gasteiger partial charge is 0.326 e. The van der Waals surface area contributed by atoms with E-state index in [0.717, 1.165) is 17.1 Å². The van der Waals surface area contributed by atoms with Crippen molar-refractivity contribution in [1.82, 2.24) is 9.78 Å². The second-order valence-electron chi connectivity index (χ2n) is 6.25. The minimum Gasteiger partial charge on any atom is -0.326 e. The molecule has 0 saturated carbocycles. The number of rotatable bonds is 5. The highest BCUT2D eigenvalue weighted by Crippen LogP contribution is 2.19. The fourth-order valence-electron chi connectivity index (χ4n) is 2.61. The third-order valence-corrected chi connectivity index (χ3v) is 3.80. The van der Waals surface area contributed by atoms with Crippen molar-refractivity contribution in [2.24, 2.45) is 0 Å². The summed E-state index contributed by atoms with van der Waals surface area (Å²) >= 11 is 0. The van der Waals surface area contributed by atoms with E-state index in [2.05, 4.69) is 36.4 Å². The lowest BCUT2D eigenvalue weighted by molar-refractivity contribution is -0.116.